The molecule has 4 aliphatic carbocycles. The molecular weight excluding hydrogens is 312 g/mol. The molecule has 3 nitrogen and oxygen atoms in total. The van der Waals surface area contributed by atoms with Crippen molar-refractivity contribution in [3.05, 3.63) is 11.6 Å². The van der Waals surface area contributed by atoms with Crippen LogP contribution in [0.15, 0.2) is 11.6 Å². The summed E-state index contributed by atoms with van der Waals surface area (Å²) in [4.78, 5) is 24.4. The van der Waals surface area contributed by atoms with Crippen LogP contribution in [0, 0.1) is 34.5 Å². The fourth-order valence-corrected chi connectivity index (χ4v) is 7.51. The molecule has 4 rings (SSSR count). The van der Waals surface area contributed by atoms with Crippen molar-refractivity contribution in [2.24, 2.45) is 34.5 Å². The maximum Gasteiger partial charge on any atom is 0.155 e. The first-order valence-corrected chi connectivity index (χ1v) is 10.1. The highest BCUT2D eigenvalue weighted by Crippen LogP contribution is 2.66. The zero-order valence-corrected chi connectivity index (χ0v) is 16.1. The predicted molar refractivity (Wildman–Crippen MR) is 97.1 cm³/mol. The Morgan fingerprint density at radius 3 is 2.60 bits per heavy atom. The van der Waals surface area contributed by atoms with Crippen molar-refractivity contribution in [3.63, 3.8) is 0 Å². The maximum atomic E-state index is 12.4. The van der Waals surface area contributed by atoms with Gasteiger partial charge in [-0.1, -0.05) is 19.4 Å². The molecule has 0 amide bonds. The number of fused-ring (bicyclic) bond motifs is 5. The topological polar surface area (TPSA) is 43.4 Å². The maximum absolute atomic E-state index is 12.4. The fourth-order valence-electron chi connectivity index (χ4n) is 7.51. The molecular formula is C22H32O3. The van der Waals surface area contributed by atoms with Gasteiger partial charge in [-0.2, -0.15) is 0 Å². The Labute approximate surface area is 151 Å². The van der Waals surface area contributed by atoms with Crippen LogP contribution in [-0.4, -0.2) is 24.8 Å². The van der Waals surface area contributed by atoms with E-state index in [0.717, 1.165) is 25.7 Å². The molecule has 7 unspecified atom stereocenters. The molecule has 0 heterocycles. The number of ketones is 2. The summed E-state index contributed by atoms with van der Waals surface area (Å²) in [6.45, 7) is 6.53. The lowest BCUT2D eigenvalue weighted by Gasteiger charge is -2.57. The van der Waals surface area contributed by atoms with Crippen molar-refractivity contribution in [1.82, 2.24) is 0 Å². The van der Waals surface area contributed by atoms with Gasteiger partial charge in [-0.25, -0.2) is 0 Å². The Morgan fingerprint density at radius 2 is 1.92 bits per heavy atom. The molecule has 4 aliphatic rings. The quantitative estimate of drug-likeness (QED) is 0.748. The van der Waals surface area contributed by atoms with Crippen molar-refractivity contribution in [1.29, 1.82) is 0 Å². The van der Waals surface area contributed by atoms with E-state index >= 15 is 0 Å². The molecule has 7 atom stereocenters. The molecule has 0 saturated heterocycles. The molecule has 0 bridgehead atoms. The number of ether oxygens (including phenoxy) is 1. The molecule has 0 radical (unpaired) electrons. The van der Waals surface area contributed by atoms with Gasteiger partial charge in [0.25, 0.3) is 0 Å². The number of rotatable bonds is 2. The smallest absolute Gasteiger partial charge is 0.155 e. The van der Waals surface area contributed by atoms with E-state index in [0.29, 0.717) is 35.7 Å². The second kappa shape index (κ2) is 5.77. The Hall–Kier alpha value is -0.960. The minimum Gasteiger partial charge on any atom is -0.381 e. The second-order valence-electron chi connectivity index (χ2n) is 9.61. The lowest BCUT2D eigenvalue weighted by atomic mass is 9.46. The van der Waals surface area contributed by atoms with E-state index in [9.17, 15) is 9.59 Å². The van der Waals surface area contributed by atoms with Gasteiger partial charge in [-0.15, -0.1) is 0 Å². The second-order valence-corrected chi connectivity index (χ2v) is 9.61. The molecule has 0 aliphatic heterocycles. The zero-order chi connectivity index (χ0) is 18.0. The highest BCUT2D eigenvalue weighted by Gasteiger charge is 2.62. The standard InChI is InChI=1S/C22H32O3/c1-13(23)20-19(25-4)12-18-16-6-5-14-11-15(24)7-9-21(14,2)17(16)8-10-22(18,20)3/h11,16-20H,5-10,12H2,1-4H3. The van der Waals surface area contributed by atoms with Gasteiger partial charge in [0.1, 0.15) is 5.78 Å². The molecule has 0 spiro atoms. The van der Waals surface area contributed by atoms with Crippen LogP contribution in [0.4, 0.5) is 0 Å². The summed E-state index contributed by atoms with van der Waals surface area (Å²) in [6.07, 6.45) is 9.39. The number of carbonyl (C=O) groups excluding carboxylic acids is 2. The van der Waals surface area contributed by atoms with Crippen molar-refractivity contribution >= 4 is 11.6 Å². The van der Waals surface area contributed by atoms with E-state index in [2.05, 4.69) is 13.8 Å². The van der Waals surface area contributed by atoms with Crippen molar-refractivity contribution in [2.45, 2.75) is 71.8 Å². The SMILES string of the molecule is COC1CC2C3CCC4=CC(=O)CCC4(C)C3CCC2(C)C1C(C)=O. The van der Waals surface area contributed by atoms with Gasteiger partial charge in [0.2, 0.25) is 0 Å². The minimum absolute atomic E-state index is 0.0566. The molecule has 0 aromatic carbocycles. The molecule has 3 fully saturated rings. The third-order valence-electron chi connectivity index (χ3n) is 8.71. The molecule has 0 N–H and O–H groups in total. The lowest BCUT2D eigenvalue weighted by molar-refractivity contribution is -0.132. The van der Waals surface area contributed by atoms with Crippen molar-refractivity contribution in [2.75, 3.05) is 7.11 Å². The van der Waals surface area contributed by atoms with Crippen LogP contribution >= 0.6 is 0 Å². The van der Waals surface area contributed by atoms with Crippen LogP contribution in [0.3, 0.4) is 0 Å². The number of allylic oxidation sites excluding steroid dienone is 1. The molecule has 0 aromatic heterocycles. The summed E-state index contributed by atoms with van der Waals surface area (Å²) in [7, 11) is 1.77. The van der Waals surface area contributed by atoms with Gasteiger partial charge in [0.05, 0.1) is 6.10 Å². The molecule has 3 saturated carbocycles. The van der Waals surface area contributed by atoms with Crippen LogP contribution in [0.2, 0.25) is 0 Å². The number of hydrogen-bond acceptors (Lipinski definition) is 3. The van der Waals surface area contributed by atoms with Crippen LogP contribution in [0.5, 0.6) is 0 Å². The number of hydrogen-bond donors (Lipinski definition) is 0. The molecule has 138 valence electrons. The summed E-state index contributed by atoms with van der Waals surface area (Å²) in [5.74, 6) is 2.62. The molecule has 25 heavy (non-hydrogen) atoms. The van der Waals surface area contributed by atoms with E-state index in [1.807, 2.05) is 6.08 Å². The van der Waals surface area contributed by atoms with Gasteiger partial charge in [-0.3, -0.25) is 9.59 Å². The van der Waals surface area contributed by atoms with Crippen molar-refractivity contribution < 1.29 is 14.3 Å². The Morgan fingerprint density at radius 1 is 1.16 bits per heavy atom. The third kappa shape index (κ3) is 2.34. The van der Waals surface area contributed by atoms with Crippen LogP contribution in [0.25, 0.3) is 0 Å². The van der Waals surface area contributed by atoms with Gasteiger partial charge in [0, 0.05) is 19.4 Å². The van der Waals surface area contributed by atoms with Gasteiger partial charge >= 0.3 is 0 Å². The summed E-state index contributed by atoms with van der Waals surface area (Å²) in [5, 5.41) is 0. The van der Waals surface area contributed by atoms with Gasteiger partial charge < -0.3 is 4.74 Å². The predicted octanol–water partition coefficient (Wildman–Crippen LogP) is 4.35. The highest BCUT2D eigenvalue weighted by molar-refractivity contribution is 5.91. The third-order valence-corrected chi connectivity index (χ3v) is 8.71. The van der Waals surface area contributed by atoms with E-state index in [1.165, 1.54) is 18.4 Å². The average molecular weight is 344 g/mol. The zero-order valence-electron chi connectivity index (χ0n) is 16.1. The van der Waals surface area contributed by atoms with Crippen LogP contribution in [-0.2, 0) is 14.3 Å². The number of Topliss-reactive ketones (excluding diaryl/α,β-unsaturated/α-hetero) is 1. The normalized spacial score (nSPS) is 49.0. The number of carbonyl (C=O) groups is 2. The first-order valence-electron chi connectivity index (χ1n) is 10.1. The van der Waals surface area contributed by atoms with E-state index in [4.69, 9.17) is 4.74 Å². The van der Waals surface area contributed by atoms with E-state index in [1.54, 1.807) is 14.0 Å². The van der Waals surface area contributed by atoms with Crippen molar-refractivity contribution in [3.8, 4) is 0 Å². The fraction of sp³-hybridized carbons (Fsp3) is 0.818. The molecule has 3 heteroatoms. The Balaban J connectivity index is 1.69. The van der Waals surface area contributed by atoms with E-state index in [-0.39, 0.29) is 22.9 Å². The monoisotopic (exact) mass is 344 g/mol. The first-order chi connectivity index (χ1) is 11.8. The summed E-state index contributed by atoms with van der Waals surface area (Å²) >= 11 is 0. The van der Waals surface area contributed by atoms with Crippen LogP contribution in [0.1, 0.15) is 65.7 Å². The summed E-state index contributed by atoms with van der Waals surface area (Å²) in [5.41, 5.74) is 1.71. The Kier molecular flexibility index (Phi) is 4.03. The minimum atomic E-state index is 0.0566. The van der Waals surface area contributed by atoms with E-state index < -0.39 is 0 Å². The van der Waals surface area contributed by atoms with Gasteiger partial charge in [-0.05, 0) is 80.1 Å². The molecule has 0 aromatic rings. The van der Waals surface area contributed by atoms with Gasteiger partial charge in [0.15, 0.2) is 5.78 Å². The summed E-state index contributed by atoms with van der Waals surface area (Å²) < 4.78 is 5.79. The lowest BCUT2D eigenvalue weighted by Crippen LogP contribution is -2.51. The first kappa shape index (κ1) is 17.5. The highest BCUT2D eigenvalue weighted by atomic mass is 16.5. The Bertz CT molecular complexity index is 635. The number of methoxy groups -OCH3 is 1. The largest absolute Gasteiger partial charge is 0.381 e. The van der Waals surface area contributed by atoms with Crippen LogP contribution < -0.4 is 0 Å². The summed E-state index contributed by atoms with van der Waals surface area (Å²) in [6, 6.07) is 0. The average Bonchev–Trinajstić information content (AvgIpc) is 2.88.